The number of carbonyl (C=O) groups excluding carboxylic acids is 1. The van der Waals surface area contributed by atoms with Crippen molar-refractivity contribution in [2.45, 2.75) is 24.0 Å². The molecule has 1 N–H and O–H groups in total. The molecule has 0 radical (unpaired) electrons. The van der Waals surface area contributed by atoms with Crippen LogP contribution in [0.3, 0.4) is 0 Å². The van der Waals surface area contributed by atoms with E-state index in [0.29, 0.717) is 17.3 Å². The number of halogens is 5. The van der Waals surface area contributed by atoms with Gasteiger partial charge in [-0.25, -0.2) is 0 Å². The van der Waals surface area contributed by atoms with Crippen molar-refractivity contribution in [2.75, 3.05) is 5.33 Å². The molecule has 1 aromatic carbocycles. The molecule has 1 atom stereocenters. The highest BCUT2D eigenvalue weighted by Crippen LogP contribution is 2.29. The molecule has 0 aromatic heterocycles. The lowest BCUT2D eigenvalue weighted by Gasteiger charge is -2.10. The Kier molecular flexibility index (Phi) is 6.32. The van der Waals surface area contributed by atoms with E-state index in [1.54, 1.807) is 0 Å². The highest BCUT2D eigenvalue weighted by atomic mass is 79.9. The maximum atomic E-state index is 12.3. The molecule has 0 bridgehead atoms. The van der Waals surface area contributed by atoms with Crippen LogP contribution in [0.2, 0.25) is 0 Å². The minimum absolute atomic E-state index is 0.181. The van der Waals surface area contributed by atoms with E-state index in [4.69, 9.17) is 0 Å². The molecule has 0 aliphatic heterocycles. The van der Waals surface area contributed by atoms with Gasteiger partial charge in [0.2, 0.25) is 5.91 Å². The van der Waals surface area contributed by atoms with Crippen LogP contribution in [0, 0.1) is 0 Å². The van der Waals surface area contributed by atoms with Crippen LogP contribution >= 0.6 is 31.9 Å². The monoisotopic (exact) mass is 401 g/mol. The number of amides is 1. The summed E-state index contributed by atoms with van der Waals surface area (Å²) in [6.45, 7) is 0.210. The van der Waals surface area contributed by atoms with Crippen molar-refractivity contribution in [3.05, 3.63) is 35.4 Å². The Bertz CT molecular complexity index is 420. The molecule has 1 aromatic rings. The zero-order valence-electron chi connectivity index (χ0n) is 9.81. The summed E-state index contributed by atoms with van der Waals surface area (Å²) in [4.78, 5) is 11.3. The highest BCUT2D eigenvalue weighted by molar-refractivity contribution is 9.10. The van der Waals surface area contributed by atoms with Crippen molar-refractivity contribution in [3.63, 3.8) is 0 Å². The predicted molar refractivity (Wildman–Crippen MR) is 74.4 cm³/mol. The van der Waals surface area contributed by atoms with E-state index in [1.165, 1.54) is 12.1 Å². The van der Waals surface area contributed by atoms with Crippen molar-refractivity contribution in [3.8, 4) is 0 Å². The summed E-state index contributed by atoms with van der Waals surface area (Å²) < 4.78 is 37.0. The zero-order valence-corrected chi connectivity index (χ0v) is 13.0. The minimum Gasteiger partial charge on any atom is -0.351 e. The second kappa shape index (κ2) is 7.28. The largest absolute Gasteiger partial charge is 0.416 e. The van der Waals surface area contributed by atoms with Gasteiger partial charge in [-0.3, -0.25) is 4.79 Å². The Morgan fingerprint density at radius 3 is 2.32 bits per heavy atom. The minimum atomic E-state index is -4.33. The van der Waals surface area contributed by atoms with Crippen molar-refractivity contribution in [1.29, 1.82) is 0 Å². The Balaban J connectivity index is 2.53. The van der Waals surface area contributed by atoms with Gasteiger partial charge in [0, 0.05) is 11.9 Å². The molecular formula is C12H12Br2F3NO. The lowest BCUT2D eigenvalue weighted by atomic mass is 10.1. The number of benzene rings is 1. The fourth-order valence-electron chi connectivity index (χ4n) is 1.34. The lowest BCUT2D eigenvalue weighted by Crippen LogP contribution is -2.30. The molecule has 1 rings (SSSR count). The zero-order chi connectivity index (χ0) is 14.5. The molecule has 0 aliphatic rings. The molecule has 2 nitrogen and oxygen atoms in total. The first-order chi connectivity index (χ1) is 8.84. The second-order valence-electron chi connectivity index (χ2n) is 3.86. The molecule has 7 heteroatoms. The van der Waals surface area contributed by atoms with Gasteiger partial charge in [0.1, 0.15) is 0 Å². The van der Waals surface area contributed by atoms with Gasteiger partial charge in [-0.2, -0.15) is 13.2 Å². The van der Waals surface area contributed by atoms with Crippen LogP contribution in [0.5, 0.6) is 0 Å². The van der Waals surface area contributed by atoms with E-state index in [0.717, 1.165) is 12.1 Å². The summed E-state index contributed by atoms with van der Waals surface area (Å²) in [5.41, 5.74) is -0.0693. The molecule has 0 saturated carbocycles. The average Bonchev–Trinajstić information content (AvgIpc) is 2.35. The average molecular weight is 403 g/mol. The van der Waals surface area contributed by atoms with Crippen molar-refractivity contribution >= 4 is 37.8 Å². The molecular weight excluding hydrogens is 391 g/mol. The molecule has 0 aliphatic carbocycles. The van der Waals surface area contributed by atoms with Gasteiger partial charge in [-0.05, 0) is 24.1 Å². The quantitative estimate of drug-likeness (QED) is 0.744. The van der Waals surface area contributed by atoms with E-state index >= 15 is 0 Å². The smallest absolute Gasteiger partial charge is 0.351 e. The fourth-order valence-corrected chi connectivity index (χ4v) is 2.80. The molecule has 0 fully saturated rings. The molecule has 106 valence electrons. The first-order valence-electron chi connectivity index (χ1n) is 5.48. The Labute approximate surface area is 126 Å². The molecule has 0 saturated heterocycles. The van der Waals surface area contributed by atoms with Crippen molar-refractivity contribution < 1.29 is 18.0 Å². The van der Waals surface area contributed by atoms with E-state index in [9.17, 15) is 18.0 Å². The molecule has 1 amide bonds. The maximum Gasteiger partial charge on any atom is 0.416 e. The maximum absolute atomic E-state index is 12.3. The SMILES string of the molecule is O=C(NCc1ccc(C(F)(F)F)cc1)C(Br)CCBr. The van der Waals surface area contributed by atoms with Gasteiger partial charge in [-0.15, -0.1) is 0 Å². The third-order valence-electron chi connectivity index (χ3n) is 2.40. The number of alkyl halides is 5. The van der Waals surface area contributed by atoms with Crippen LogP contribution < -0.4 is 5.32 Å². The van der Waals surface area contributed by atoms with E-state index in [-0.39, 0.29) is 17.3 Å². The van der Waals surface area contributed by atoms with E-state index in [2.05, 4.69) is 37.2 Å². The molecule has 1 unspecified atom stereocenters. The third kappa shape index (κ3) is 5.52. The standard InChI is InChI=1S/C12H12Br2F3NO/c13-6-5-10(14)11(19)18-7-8-1-3-9(4-2-8)12(15,16)17/h1-4,10H,5-7H2,(H,18,19). The van der Waals surface area contributed by atoms with Crippen LogP contribution in [-0.2, 0) is 17.5 Å². The number of rotatable bonds is 5. The van der Waals surface area contributed by atoms with Gasteiger partial charge in [0.25, 0.3) is 0 Å². The number of carbonyl (C=O) groups is 1. The van der Waals surface area contributed by atoms with Gasteiger partial charge < -0.3 is 5.32 Å². The second-order valence-corrected chi connectivity index (χ2v) is 5.76. The van der Waals surface area contributed by atoms with Crippen molar-refractivity contribution in [1.82, 2.24) is 5.32 Å². The van der Waals surface area contributed by atoms with Crippen molar-refractivity contribution in [2.24, 2.45) is 0 Å². The van der Waals surface area contributed by atoms with Gasteiger partial charge in [0.15, 0.2) is 0 Å². The Hall–Kier alpha value is -0.560. The number of hydrogen-bond donors (Lipinski definition) is 1. The third-order valence-corrected chi connectivity index (χ3v) is 3.73. The Morgan fingerprint density at radius 2 is 1.84 bits per heavy atom. The summed E-state index contributed by atoms with van der Waals surface area (Å²) in [5, 5.41) is 3.34. The lowest BCUT2D eigenvalue weighted by molar-refractivity contribution is -0.137. The summed E-state index contributed by atoms with van der Waals surface area (Å²) >= 11 is 6.45. The summed E-state index contributed by atoms with van der Waals surface area (Å²) in [7, 11) is 0. The van der Waals surface area contributed by atoms with Crippen LogP contribution in [0.25, 0.3) is 0 Å². The summed E-state index contributed by atoms with van der Waals surface area (Å²) in [5.74, 6) is -0.181. The molecule has 0 spiro atoms. The predicted octanol–water partition coefficient (Wildman–Crippen LogP) is 3.87. The van der Waals surface area contributed by atoms with Gasteiger partial charge >= 0.3 is 6.18 Å². The number of nitrogens with one attached hydrogen (secondary N) is 1. The normalized spacial score (nSPS) is 13.1. The fraction of sp³-hybridized carbons (Fsp3) is 0.417. The Morgan fingerprint density at radius 1 is 1.26 bits per heavy atom. The van der Waals surface area contributed by atoms with Crippen LogP contribution in [0.1, 0.15) is 17.5 Å². The van der Waals surface area contributed by atoms with E-state index < -0.39 is 11.7 Å². The van der Waals surface area contributed by atoms with E-state index in [1.807, 2.05) is 0 Å². The highest BCUT2D eigenvalue weighted by Gasteiger charge is 2.29. The van der Waals surface area contributed by atoms with Crippen LogP contribution in [0.15, 0.2) is 24.3 Å². The first kappa shape index (κ1) is 16.5. The van der Waals surface area contributed by atoms with Gasteiger partial charge in [0.05, 0.1) is 10.4 Å². The number of hydrogen-bond acceptors (Lipinski definition) is 1. The summed E-state index contributed by atoms with van der Waals surface area (Å²) in [6, 6.07) is 4.73. The molecule has 19 heavy (non-hydrogen) atoms. The topological polar surface area (TPSA) is 29.1 Å². The molecule has 0 heterocycles. The summed E-state index contributed by atoms with van der Waals surface area (Å²) in [6.07, 6.45) is -3.70. The van der Waals surface area contributed by atoms with Crippen LogP contribution in [-0.4, -0.2) is 16.1 Å². The van der Waals surface area contributed by atoms with Gasteiger partial charge in [-0.1, -0.05) is 44.0 Å². The van der Waals surface area contributed by atoms with Crippen LogP contribution in [0.4, 0.5) is 13.2 Å². The first-order valence-corrected chi connectivity index (χ1v) is 7.52.